The van der Waals surface area contributed by atoms with Crippen molar-refractivity contribution < 1.29 is 9.47 Å². The minimum atomic E-state index is 0.829. The quantitative estimate of drug-likeness (QED) is 0.792. The molecule has 1 aliphatic carbocycles. The van der Waals surface area contributed by atoms with Gasteiger partial charge in [-0.2, -0.15) is 0 Å². The first-order valence-electron chi connectivity index (χ1n) is 9.42. The summed E-state index contributed by atoms with van der Waals surface area (Å²) in [5, 5.41) is 3.48. The lowest BCUT2D eigenvalue weighted by molar-refractivity contribution is 0.139. The summed E-state index contributed by atoms with van der Waals surface area (Å²) in [4.78, 5) is 2.67. The van der Waals surface area contributed by atoms with Gasteiger partial charge in [-0.3, -0.25) is 4.90 Å². The average Bonchev–Trinajstić information content (AvgIpc) is 2.59. The highest BCUT2D eigenvalue weighted by molar-refractivity contribution is 5.40. The summed E-state index contributed by atoms with van der Waals surface area (Å²) in [5.41, 5.74) is 1.27. The lowest BCUT2D eigenvalue weighted by atomic mass is 9.84. The van der Waals surface area contributed by atoms with Crippen molar-refractivity contribution in [3.05, 3.63) is 23.8 Å². The van der Waals surface area contributed by atoms with E-state index < -0.39 is 0 Å². The van der Waals surface area contributed by atoms with Gasteiger partial charge in [-0.1, -0.05) is 12.5 Å². The lowest BCUT2D eigenvalue weighted by Crippen LogP contribution is -2.39. The molecule has 0 atom stereocenters. The van der Waals surface area contributed by atoms with Crippen LogP contribution in [0.5, 0.6) is 11.5 Å². The van der Waals surface area contributed by atoms with E-state index in [1.807, 2.05) is 12.1 Å². The Labute approximate surface area is 146 Å². The van der Waals surface area contributed by atoms with Crippen LogP contribution < -0.4 is 14.8 Å². The van der Waals surface area contributed by atoms with Crippen LogP contribution >= 0.6 is 0 Å². The Kier molecular flexibility index (Phi) is 6.38. The molecule has 0 bridgehead atoms. The first-order valence-corrected chi connectivity index (χ1v) is 9.42. The number of piperidine rings is 1. The van der Waals surface area contributed by atoms with E-state index in [4.69, 9.17) is 9.47 Å². The molecule has 4 heteroatoms. The Morgan fingerprint density at radius 3 is 2.29 bits per heavy atom. The van der Waals surface area contributed by atoms with Crippen LogP contribution in [-0.2, 0) is 6.54 Å². The second-order valence-electron chi connectivity index (χ2n) is 7.36. The molecule has 1 aliphatic heterocycles. The molecule has 1 aromatic rings. The van der Waals surface area contributed by atoms with Crippen molar-refractivity contribution in [1.82, 2.24) is 10.2 Å². The number of nitrogens with one attached hydrogen (secondary N) is 1. The summed E-state index contributed by atoms with van der Waals surface area (Å²) < 4.78 is 10.9. The van der Waals surface area contributed by atoms with Gasteiger partial charge in [0, 0.05) is 31.3 Å². The average molecular weight is 332 g/mol. The number of rotatable bonds is 8. The zero-order valence-electron chi connectivity index (χ0n) is 15.2. The van der Waals surface area contributed by atoms with Gasteiger partial charge in [-0.05, 0) is 56.7 Å². The molecule has 1 heterocycles. The Morgan fingerprint density at radius 2 is 1.71 bits per heavy atom. The Balaban J connectivity index is 1.67. The summed E-state index contributed by atoms with van der Waals surface area (Å²) >= 11 is 0. The summed E-state index contributed by atoms with van der Waals surface area (Å²) in [6, 6.07) is 6.21. The SMILES string of the molecule is COc1ccc(CN(CC2CCC2)CC2CCNCC2)c(OC)c1. The van der Waals surface area contributed by atoms with E-state index in [0.717, 1.165) is 29.9 Å². The van der Waals surface area contributed by atoms with Crippen molar-refractivity contribution in [3.8, 4) is 11.5 Å². The molecule has 4 nitrogen and oxygen atoms in total. The van der Waals surface area contributed by atoms with Crippen LogP contribution in [0, 0.1) is 11.8 Å². The molecule has 24 heavy (non-hydrogen) atoms. The predicted octanol–water partition coefficient (Wildman–Crippen LogP) is 3.31. The van der Waals surface area contributed by atoms with Gasteiger partial charge >= 0.3 is 0 Å². The fourth-order valence-corrected chi connectivity index (χ4v) is 3.90. The molecular formula is C20H32N2O2. The summed E-state index contributed by atoms with van der Waals surface area (Å²) in [5.74, 6) is 3.53. The number of nitrogens with zero attached hydrogens (tertiary/aromatic N) is 1. The van der Waals surface area contributed by atoms with E-state index in [1.165, 1.54) is 63.8 Å². The number of methoxy groups -OCH3 is 2. The van der Waals surface area contributed by atoms with E-state index in [9.17, 15) is 0 Å². The molecule has 1 N–H and O–H groups in total. The van der Waals surface area contributed by atoms with Crippen LogP contribution in [0.4, 0.5) is 0 Å². The highest BCUT2D eigenvalue weighted by Crippen LogP contribution is 2.30. The molecule has 134 valence electrons. The zero-order chi connectivity index (χ0) is 16.8. The normalized spacial score (nSPS) is 19.3. The molecule has 1 aromatic carbocycles. The third-order valence-electron chi connectivity index (χ3n) is 5.60. The highest BCUT2D eigenvalue weighted by atomic mass is 16.5. The van der Waals surface area contributed by atoms with Gasteiger partial charge in [0.15, 0.2) is 0 Å². The molecule has 0 amide bonds. The molecular weight excluding hydrogens is 300 g/mol. The molecule has 1 saturated carbocycles. The molecule has 0 aromatic heterocycles. The van der Waals surface area contributed by atoms with Gasteiger partial charge in [0.2, 0.25) is 0 Å². The first kappa shape index (κ1) is 17.6. The minimum absolute atomic E-state index is 0.829. The Hall–Kier alpha value is -1.26. The van der Waals surface area contributed by atoms with Gasteiger partial charge in [-0.15, -0.1) is 0 Å². The molecule has 2 aliphatic rings. The van der Waals surface area contributed by atoms with Gasteiger partial charge in [-0.25, -0.2) is 0 Å². The molecule has 0 radical (unpaired) electrons. The fourth-order valence-electron chi connectivity index (χ4n) is 3.90. The number of ether oxygens (including phenoxy) is 2. The maximum Gasteiger partial charge on any atom is 0.127 e. The lowest BCUT2D eigenvalue weighted by Gasteiger charge is -2.35. The Morgan fingerprint density at radius 1 is 1.00 bits per heavy atom. The largest absolute Gasteiger partial charge is 0.497 e. The van der Waals surface area contributed by atoms with Crippen molar-refractivity contribution in [3.63, 3.8) is 0 Å². The summed E-state index contributed by atoms with van der Waals surface area (Å²) in [6.45, 7) is 5.78. The predicted molar refractivity (Wildman–Crippen MR) is 97.8 cm³/mol. The van der Waals surface area contributed by atoms with E-state index in [0.29, 0.717) is 0 Å². The highest BCUT2D eigenvalue weighted by Gasteiger charge is 2.24. The third kappa shape index (κ3) is 4.64. The first-order chi connectivity index (χ1) is 11.8. The van der Waals surface area contributed by atoms with Crippen molar-refractivity contribution in [2.45, 2.75) is 38.6 Å². The van der Waals surface area contributed by atoms with E-state index >= 15 is 0 Å². The van der Waals surface area contributed by atoms with Gasteiger partial charge < -0.3 is 14.8 Å². The second kappa shape index (κ2) is 8.72. The maximum atomic E-state index is 5.61. The van der Waals surface area contributed by atoms with E-state index in [-0.39, 0.29) is 0 Å². The smallest absolute Gasteiger partial charge is 0.127 e. The zero-order valence-corrected chi connectivity index (χ0v) is 15.2. The molecule has 0 unspecified atom stereocenters. The number of benzene rings is 1. The van der Waals surface area contributed by atoms with Crippen molar-refractivity contribution in [2.24, 2.45) is 11.8 Å². The van der Waals surface area contributed by atoms with E-state index in [1.54, 1.807) is 14.2 Å². The number of hydrogen-bond donors (Lipinski definition) is 1. The van der Waals surface area contributed by atoms with Gasteiger partial charge in [0.05, 0.1) is 14.2 Å². The van der Waals surface area contributed by atoms with Crippen LogP contribution in [-0.4, -0.2) is 45.3 Å². The van der Waals surface area contributed by atoms with Crippen molar-refractivity contribution in [1.29, 1.82) is 0 Å². The van der Waals surface area contributed by atoms with Crippen LogP contribution in [0.2, 0.25) is 0 Å². The molecule has 2 fully saturated rings. The Bertz CT molecular complexity index is 510. The summed E-state index contributed by atoms with van der Waals surface area (Å²) in [6.07, 6.45) is 6.84. The van der Waals surface area contributed by atoms with Crippen molar-refractivity contribution >= 4 is 0 Å². The van der Waals surface area contributed by atoms with E-state index in [2.05, 4.69) is 16.3 Å². The standard InChI is InChI=1S/C20H32N2O2/c1-23-19-7-6-18(20(12-19)24-2)15-22(13-16-4-3-5-16)14-17-8-10-21-11-9-17/h6-7,12,16-17,21H,3-5,8-11,13-15H2,1-2H3. The van der Waals surface area contributed by atoms with Crippen LogP contribution in [0.3, 0.4) is 0 Å². The minimum Gasteiger partial charge on any atom is -0.497 e. The molecule has 1 saturated heterocycles. The van der Waals surface area contributed by atoms with Crippen LogP contribution in [0.1, 0.15) is 37.7 Å². The molecule has 0 spiro atoms. The second-order valence-corrected chi connectivity index (χ2v) is 7.36. The molecule has 3 rings (SSSR count). The third-order valence-corrected chi connectivity index (χ3v) is 5.60. The summed E-state index contributed by atoms with van der Waals surface area (Å²) in [7, 11) is 3.45. The van der Waals surface area contributed by atoms with Gasteiger partial charge in [0.25, 0.3) is 0 Å². The van der Waals surface area contributed by atoms with Gasteiger partial charge in [0.1, 0.15) is 11.5 Å². The van der Waals surface area contributed by atoms with Crippen molar-refractivity contribution in [2.75, 3.05) is 40.4 Å². The monoisotopic (exact) mass is 332 g/mol. The number of hydrogen-bond acceptors (Lipinski definition) is 4. The van der Waals surface area contributed by atoms with Crippen LogP contribution in [0.25, 0.3) is 0 Å². The maximum absolute atomic E-state index is 5.61. The van der Waals surface area contributed by atoms with Crippen LogP contribution in [0.15, 0.2) is 18.2 Å². The fraction of sp³-hybridized carbons (Fsp3) is 0.700. The topological polar surface area (TPSA) is 33.7 Å².